The van der Waals surface area contributed by atoms with Crippen LogP contribution in [0.4, 0.5) is 9.59 Å². The highest BCUT2D eigenvalue weighted by molar-refractivity contribution is 6.45. The van der Waals surface area contributed by atoms with Crippen molar-refractivity contribution in [2.24, 2.45) is 0 Å². The van der Waals surface area contributed by atoms with Crippen LogP contribution in [0.15, 0.2) is 0 Å². The van der Waals surface area contributed by atoms with Gasteiger partial charge in [-0.3, -0.25) is 24.6 Å². The van der Waals surface area contributed by atoms with Gasteiger partial charge < -0.3 is 5.32 Å². The molecule has 9 heteroatoms. The molecule has 0 atom stereocenters. The van der Waals surface area contributed by atoms with Crippen LogP contribution >= 0.6 is 0 Å². The molecule has 0 aromatic carbocycles. The summed E-state index contributed by atoms with van der Waals surface area (Å²) in [6, 6.07) is -1.74. The molecule has 9 nitrogen and oxygen atoms in total. The summed E-state index contributed by atoms with van der Waals surface area (Å²) in [7, 11) is 0. The van der Waals surface area contributed by atoms with Crippen LogP contribution in [0, 0.1) is 0 Å². The quantitative estimate of drug-likeness (QED) is 0.520. The van der Waals surface area contributed by atoms with Crippen LogP contribution in [0.3, 0.4) is 0 Å². The van der Waals surface area contributed by atoms with Gasteiger partial charge in [-0.05, 0) is 20.3 Å². The molecule has 0 aromatic heterocycles. The zero-order valence-electron chi connectivity index (χ0n) is 12.1. The van der Waals surface area contributed by atoms with Gasteiger partial charge in [0, 0.05) is 12.6 Å². The SMILES string of the molecule is CCCN1C(=O)C(=O)N(CC(=O)NC(=O)NC(C)C)C1=O. The van der Waals surface area contributed by atoms with E-state index in [2.05, 4.69) is 5.32 Å². The summed E-state index contributed by atoms with van der Waals surface area (Å²) < 4.78 is 0. The Morgan fingerprint density at radius 3 is 2.19 bits per heavy atom. The lowest BCUT2D eigenvalue weighted by atomic mass is 10.4. The van der Waals surface area contributed by atoms with Crippen molar-refractivity contribution in [3.05, 3.63) is 0 Å². The highest BCUT2D eigenvalue weighted by Gasteiger charge is 2.44. The third-order valence-corrected chi connectivity index (χ3v) is 2.56. The van der Waals surface area contributed by atoms with E-state index >= 15 is 0 Å². The summed E-state index contributed by atoms with van der Waals surface area (Å²) in [6.07, 6.45) is 0.502. The number of carbonyl (C=O) groups is 5. The van der Waals surface area contributed by atoms with Crippen molar-refractivity contribution in [2.75, 3.05) is 13.1 Å². The predicted octanol–water partition coefficient (Wildman–Crippen LogP) is -0.579. The largest absolute Gasteiger partial charge is 0.336 e. The molecule has 1 aliphatic heterocycles. The van der Waals surface area contributed by atoms with Crippen molar-refractivity contribution in [3.8, 4) is 0 Å². The predicted molar refractivity (Wildman–Crippen MR) is 70.9 cm³/mol. The number of urea groups is 2. The van der Waals surface area contributed by atoms with Crippen LogP contribution in [0.25, 0.3) is 0 Å². The van der Waals surface area contributed by atoms with E-state index in [4.69, 9.17) is 0 Å². The number of rotatable bonds is 5. The van der Waals surface area contributed by atoms with E-state index in [1.54, 1.807) is 20.8 Å². The molecule has 0 radical (unpaired) electrons. The van der Waals surface area contributed by atoms with Gasteiger partial charge in [0.1, 0.15) is 6.54 Å². The molecule has 116 valence electrons. The summed E-state index contributed by atoms with van der Waals surface area (Å²) in [5, 5.41) is 4.40. The van der Waals surface area contributed by atoms with Crippen molar-refractivity contribution in [2.45, 2.75) is 33.2 Å². The Hall–Kier alpha value is -2.45. The average molecular weight is 298 g/mol. The minimum atomic E-state index is -1.06. The first-order valence-electron chi connectivity index (χ1n) is 6.55. The van der Waals surface area contributed by atoms with Gasteiger partial charge in [-0.15, -0.1) is 0 Å². The Morgan fingerprint density at radius 2 is 1.67 bits per heavy atom. The minimum Gasteiger partial charge on any atom is -0.336 e. The van der Waals surface area contributed by atoms with E-state index in [0.717, 1.165) is 4.90 Å². The second-order valence-corrected chi connectivity index (χ2v) is 4.81. The first-order chi connectivity index (χ1) is 9.77. The average Bonchev–Trinajstić information content (AvgIpc) is 2.55. The lowest BCUT2D eigenvalue weighted by molar-refractivity contribution is -0.143. The number of amides is 7. The Morgan fingerprint density at radius 1 is 1.10 bits per heavy atom. The van der Waals surface area contributed by atoms with Crippen LogP contribution in [0.1, 0.15) is 27.2 Å². The molecule has 1 fully saturated rings. The van der Waals surface area contributed by atoms with Gasteiger partial charge in [0.2, 0.25) is 5.91 Å². The standard InChI is InChI=1S/C12H18N4O5/c1-4-5-15-9(18)10(19)16(12(15)21)6-8(17)14-11(20)13-7(2)3/h7H,4-6H2,1-3H3,(H2,13,14,17,20). The van der Waals surface area contributed by atoms with Crippen molar-refractivity contribution in [1.82, 2.24) is 20.4 Å². The van der Waals surface area contributed by atoms with Gasteiger partial charge in [-0.1, -0.05) is 6.92 Å². The maximum absolute atomic E-state index is 11.8. The number of hydrogen-bond donors (Lipinski definition) is 2. The lowest BCUT2D eigenvalue weighted by Crippen LogP contribution is -2.47. The van der Waals surface area contributed by atoms with Gasteiger partial charge in [-0.25, -0.2) is 14.5 Å². The van der Waals surface area contributed by atoms with Crippen molar-refractivity contribution in [1.29, 1.82) is 0 Å². The molecular weight excluding hydrogens is 280 g/mol. The highest BCUT2D eigenvalue weighted by Crippen LogP contribution is 2.11. The fourth-order valence-electron chi connectivity index (χ4n) is 1.72. The molecule has 1 rings (SSSR count). The number of hydrogen-bond acceptors (Lipinski definition) is 5. The topological polar surface area (TPSA) is 116 Å². The summed E-state index contributed by atoms with van der Waals surface area (Å²) in [6.45, 7) is 4.60. The maximum Gasteiger partial charge on any atom is 0.334 e. The van der Waals surface area contributed by atoms with Gasteiger partial charge >= 0.3 is 23.9 Å². The zero-order valence-corrected chi connectivity index (χ0v) is 12.1. The summed E-state index contributed by atoms with van der Waals surface area (Å²) in [5.41, 5.74) is 0. The molecule has 0 unspecified atom stereocenters. The molecule has 2 N–H and O–H groups in total. The molecule has 1 saturated heterocycles. The number of imide groups is 3. The van der Waals surface area contributed by atoms with Gasteiger partial charge in [0.05, 0.1) is 0 Å². The Kier molecular flexibility index (Phi) is 5.39. The maximum atomic E-state index is 11.8. The summed E-state index contributed by atoms with van der Waals surface area (Å²) >= 11 is 0. The van der Waals surface area contributed by atoms with E-state index in [1.165, 1.54) is 0 Å². The van der Waals surface area contributed by atoms with Crippen LogP contribution in [0.2, 0.25) is 0 Å². The van der Waals surface area contributed by atoms with Gasteiger partial charge in [0.25, 0.3) is 0 Å². The molecule has 0 spiro atoms. The van der Waals surface area contributed by atoms with Crippen molar-refractivity contribution < 1.29 is 24.0 Å². The van der Waals surface area contributed by atoms with Crippen LogP contribution in [-0.4, -0.2) is 58.7 Å². The monoisotopic (exact) mass is 298 g/mol. The fourth-order valence-corrected chi connectivity index (χ4v) is 1.72. The van der Waals surface area contributed by atoms with E-state index in [-0.39, 0.29) is 12.6 Å². The van der Waals surface area contributed by atoms with Crippen LogP contribution in [-0.2, 0) is 14.4 Å². The normalized spacial score (nSPS) is 15.0. The number of nitrogens with zero attached hydrogens (tertiary/aromatic N) is 2. The molecule has 0 aromatic rings. The van der Waals surface area contributed by atoms with Crippen molar-refractivity contribution >= 4 is 29.8 Å². The Labute approximate surface area is 121 Å². The Bertz CT molecular complexity index is 488. The molecular formula is C12H18N4O5. The molecule has 0 saturated carbocycles. The molecule has 0 aliphatic carbocycles. The fraction of sp³-hybridized carbons (Fsp3) is 0.583. The molecule has 7 amide bonds. The van der Waals surface area contributed by atoms with Crippen LogP contribution < -0.4 is 10.6 Å². The van der Waals surface area contributed by atoms with E-state index in [0.29, 0.717) is 11.3 Å². The van der Waals surface area contributed by atoms with Gasteiger partial charge in [0.15, 0.2) is 0 Å². The molecule has 1 heterocycles. The Balaban J connectivity index is 2.64. The third kappa shape index (κ3) is 4.01. The second kappa shape index (κ2) is 6.82. The smallest absolute Gasteiger partial charge is 0.334 e. The molecule has 21 heavy (non-hydrogen) atoms. The van der Waals surface area contributed by atoms with E-state index < -0.39 is 36.3 Å². The minimum absolute atomic E-state index is 0.107. The lowest BCUT2D eigenvalue weighted by Gasteiger charge is -2.15. The first kappa shape index (κ1) is 16.6. The number of nitrogens with one attached hydrogen (secondary N) is 2. The third-order valence-electron chi connectivity index (χ3n) is 2.56. The first-order valence-corrected chi connectivity index (χ1v) is 6.55. The van der Waals surface area contributed by atoms with E-state index in [1.807, 2.05) is 5.32 Å². The van der Waals surface area contributed by atoms with Gasteiger partial charge in [-0.2, -0.15) is 0 Å². The zero-order chi connectivity index (χ0) is 16.2. The second-order valence-electron chi connectivity index (χ2n) is 4.81. The van der Waals surface area contributed by atoms with E-state index in [9.17, 15) is 24.0 Å². The summed E-state index contributed by atoms with van der Waals surface area (Å²) in [4.78, 5) is 59.3. The number of carbonyl (C=O) groups excluding carboxylic acids is 5. The van der Waals surface area contributed by atoms with Crippen LogP contribution in [0.5, 0.6) is 0 Å². The summed E-state index contributed by atoms with van der Waals surface area (Å²) in [5.74, 6) is -2.87. The molecule has 0 bridgehead atoms. The highest BCUT2D eigenvalue weighted by atomic mass is 16.2. The molecule has 1 aliphatic rings. The van der Waals surface area contributed by atoms with Crippen molar-refractivity contribution in [3.63, 3.8) is 0 Å².